The van der Waals surface area contributed by atoms with Crippen LogP contribution in [-0.4, -0.2) is 6.54 Å². The van der Waals surface area contributed by atoms with Crippen LogP contribution >= 0.6 is 0 Å². The van der Waals surface area contributed by atoms with Crippen LogP contribution in [0, 0.1) is 13.8 Å². The molecule has 0 spiro atoms. The van der Waals surface area contributed by atoms with Crippen molar-refractivity contribution in [2.24, 2.45) is 5.73 Å². The first kappa shape index (κ1) is 14.6. The lowest BCUT2D eigenvalue weighted by molar-refractivity contribution is 0.223. The van der Waals surface area contributed by atoms with Gasteiger partial charge in [0, 0.05) is 0 Å². The van der Waals surface area contributed by atoms with Crippen molar-refractivity contribution >= 4 is 0 Å². The highest BCUT2D eigenvalue weighted by molar-refractivity contribution is 5.44. The molecule has 0 heterocycles. The third-order valence-corrected chi connectivity index (χ3v) is 3.52. The Hall–Kier alpha value is -1.80. The fraction of sp³-hybridized carbons (Fsp3) is 0.333. The van der Waals surface area contributed by atoms with E-state index in [9.17, 15) is 0 Å². The largest absolute Gasteiger partial charge is 0.485 e. The minimum Gasteiger partial charge on any atom is -0.485 e. The summed E-state index contributed by atoms with van der Waals surface area (Å²) in [4.78, 5) is 0. The lowest BCUT2D eigenvalue weighted by atomic mass is 10.0. The van der Waals surface area contributed by atoms with Crippen LogP contribution in [0.15, 0.2) is 42.5 Å². The second-order valence-corrected chi connectivity index (χ2v) is 5.27. The van der Waals surface area contributed by atoms with Crippen molar-refractivity contribution in [1.82, 2.24) is 0 Å². The topological polar surface area (TPSA) is 35.2 Å². The van der Waals surface area contributed by atoms with Crippen molar-refractivity contribution < 1.29 is 4.74 Å². The first-order chi connectivity index (χ1) is 9.61. The number of ether oxygens (including phenoxy) is 1. The van der Waals surface area contributed by atoms with Crippen LogP contribution in [0.5, 0.6) is 5.75 Å². The van der Waals surface area contributed by atoms with Crippen LogP contribution in [0.25, 0.3) is 0 Å². The average molecular weight is 269 g/mol. The Kier molecular flexibility index (Phi) is 4.80. The minimum absolute atomic E-state index is 0.0500. The monoisotopic (exact) mass is 269 g/mol. The number of benzene rings is 2. The molecule has 2 N–H and O–H groups in total. The number of hydrogen-bond acceptors (Lipinski definition) is 2. The molecule has 0 aromatic heterocycles. The molecular formula is C18H23NO. The van der Waals surface area contributed by atoms with Crippen LogP contribution in [0.1, 0.15) is 35.3 Å². The normalized spacial score (nSPS) is 12.2. The number of nitrogens with two attached hydrogens (primary N) is 1. The van der Waals surface area contributed by atoms with Gasteiger partial charge in [0.1, 0.15) is 11.9 Å². The highest BCUT2D eigenvalue weighted by atomic mass is 16.5. The van der Waals surface area contributed by atoms with Gasteiger partial charge in [-0.2, -0.15) is 0 Å². The van der Waals surface area contributed by atoms with E-state index in [4.69, 9.17) is 10.5 Å². The van der Waals surface area contributed by atoms with Gasteiger partial charge in [-0.1, -0.05) is 42.5 Å². The van der Waals surface area contributed by atoms with Gasteiger partial charge in [0.25, 0.3) is 0 Å². The molecule has 2 aromatic rings. The van der Waals surface area contributed by atoms with Crippen molar-refractivity contribution in [3.8, 4) is 5.75 Å². The maximum Gasteiger partial charge on any atom is 0.126 e. The Morgan fingerprint density at radius 3 is 2.20 bits per heavy atom. The molecule has 0 aliphatic carbocycles. The van der Waals surface area contributed by atoms with E-state index in [2.05, 4.69) is 45.0 Å². The van der Waals surface area contributed by atoms with Gasteiger partial charge in [-0.3, -0.25) is 0 Å². The molecular weight excluding hydrogens is 246 g/mol. The Balaban J connectivity index is 2.21. The quantitative estimate of drug-likeness (QED) is 0.892. The Bertz CT molecular complexity index is 540. The third-order valence-electron chi connectivity index (χ3n) is 3.52. The van der Waals surface area contributed by atoms with Crippen LogP contribution in [0.3, 0.4) is 0 Å². The SMILES string of the molecule is Cc1cc(CCN)cc(C)c1OC(C)c1ccccc1. The molecule has 2 nitrogen and oxygen atoms in total. The highest BCUT2D eigenvalue weighted by Gasteiger charge is 2.11. The second-order valence-electron chi connectivity index (χ2n) is 5.27. The van der Waals surface area contributed by atoms with E-state index < -0.39 is 0 Å². The van der Waals surface area contributed by atoms with E-state index in [-0.39, 0.29) is 6.10 Å². The minimum atomic E-state index is 0.0500. The maximum atomic E-state index is 6.16. The van der Waals surface area contributed by atoms with E-state index in [1.807, 2.05) is 18.2 Å². The van der Waals surface area contributed by atoms with Gasteiger partial charge in [-0.25, -0.2) is 0 Å². The molecule has 2 aromatic carbocycles. The summed E-state index contributed by atoms with van der Waals surface area (Å²) in [6, 6.07) is 14.6. The molecule has 0 bridgehead atoms. The highest BCUT2D eigenvalue weighted by Crippen LogP contribution is 2.29. The van der Waals surface area contributed by atoms with Gasteiger partial charge < -0.3 is 10.5 Å². The van der Waals surface area contributed by atoms with Crippen LogP contribution in [-0.2, 0) is 6.42 Å². The number of hydrogen-bond donors (Lipinski definition) is 1. The molecule has 0 saturated carbocycles. The summed E-state index contributed by atoms with van der Waals surface area (Å²) in [5.41, 5.74) is 10.5. The average Bonchev–Trinajstić information content (AvgIpc) is 2.44. The summed E-state index contributed by atoms with van der Waals surface area (Å²) in [5, 5.41) is 0. The summed E-state index contributed by atoms with van der Waals surface area (Å²) >= 11 is 0. The van der Waals surface area contributed by atoms with Crippen molar-refractivity contribution in [3.63, 3.8) is 0 Å². The molecule has 1 unspecified atom stereocenters. The Morgan fingerprint density at radius 2 is 1.65 bits per heavy atom. The predicted molar refractivity (Wildman–Crippen MR) is 84.2 cm³/mol. The predicted octanol–water partition coefficient (Wildman–Crippen LogP) is 3.94. The molecule has 0 radical (unpaired) electrons. The zero-order valence-electron chi connectivity index (χ0n) is 12.5. The van der Waals surface area contributed by atoms with Crippen molar-refractivity contribution in [1.29, 1.82) is 0 Å². The molecule has 0 amide bonds. The fourth-order valence-corrected chi connectivity index (χ4v) is 2.51. The molecule has 2 heteroatoms. The van der Waals surface area contributed by atoms with Crippen LogP contribution in [0.2, 0.25) is 0 Å². The zero-order valence-corrected chi connectivity index (χ0v) is 12.5. The lowest BCUT2D eigenvalue weighted by Crippen LogP contribution is -2.07. The van der Waals surface area contributed by atoms with Gasteiger partial charge in [0.15, 0.2) is 0 Å². The van der Waals surface area contributed by atoms with E-state index in [0.717, 1.165) is 12.2 Å². The number of rotatable bonds is 5. The molecule has 1 atom stereocenters. The maximum absolute atomic E-state index is 6.16. The van der Waals surface area contributed by atoms with Gasteiger partial charge in [0.2, 0.25) is 0 Å². The molecule has 20 heavy (non-hydrogen) atoms. The molecule has 0 saturated heterocycles. The van der Waals surface area contributed by atoms with E-state index in [1.54, 1.807) is 0 Å². The smallest absolute Gasteiger partial charge is 0.126 e. The number of aryl methyl sites for hydroxylation is 2. The standard InChI is InChI=1S/C18H23NO/c1-13-11-16(9-10-19)12-14(2)18(13)20-15(3)17-7-5-4-6-8-17/h4-8,11-12,15H,9-10,19H2,1-3H3. The van der Waals surface area contributed by atoms with Crippen molar-refractivity contribution in [2.45, 2.75) is 33.3 Å². The van der Waals surface area contributed by atoms with Crippen LogP contribution in [0.4, 0.5) is 0 Å². The van der Waals surface area contributed by atoms with Gasteiger partial charge in [-0.15, -0.1) is 0 Å². The van der Waals surface area contributed by atoms with E-state index in [1.165, 1.54) is 22.3 Å². The Labute approximate surface area is 121 Å². The molecule has 0 fully saturated rings. The second kappa shape index (κ2) is 6.58. The molecule has 2 rings (SSSR count). The van der Waals surface area contributed by atoms with E-state index >= 15 is 0 Å². The Morgan fingerprint density at radius 1 is 1.05 bits per heavy atom. The van der Waals surface area contributed by atoms with Crippen molar-refractivity contribution in [2.75, 3.05) is 6.54 Å². The first-order valence-electron chi connectivity index (χ1n) is 7.13. The molecule has 106 valence electrons. The van der Waals surface area contributed by atoms with Crippen LogP contribution < -0.4 is 10.5 Å². The van der Waals surface area contributed by atoms with Crippen molar-refractivity contribution in [3.05, 3.63) is 64.7 Å². The lowest BCUT2D eigenvalue weighted by Gasteiger charge is -2.19. The summed E-state index contributed by atoms with van der Waals surface area (Å²) in [6.45, 7) is 6.96. The van der Waals surface area contributed by atoms with Gasteiger partial charge in [-0.05, 0) is 56.0 Å². The summed E-state index contributed by atoms with van der Waals surface area (Å²) in [6.07, 6.45) is 0.963. The first-order valence-corrected chi connectivity index (χ1v) is 7.13. The molecule has 0 aliphatic rings. The summed E-state index contributed by atoms with van der Waals surface area (Å²) in [7, 11) is 0. The van der Waals surface area contributed by atoms with E-state index in [0.29, 0.717) is 6.54 Å². The summed E-state index contributed by atoms with van der Waals surface area (Å²) in [5.74, 6) is 0.988. The van der Waals surface area contributed by atoms with Gasteiger partial charge in [0.05, 0.1) is 0 Å². The fourth-order valence-electron chi connectivity index (χ4n) is 2.51. The summed E-state index contributed by atoms with van der Waals surface area (Å²) < 4.78 is 6.16. The molecule has 0 aliphatic heterocycles. The third kappa shape index (κ3) is 3.40. The van der Waals surface area contributed by atoms with Gasteiger partial charge >= 0.3 is 0 Å². The zero-order chi connectivity index (χ0) is 14.5.